The Kier molecular flexibility index (Phi) is 5.69. The fourth-order valence-electron chi connectivity index (χ4n) is 2.65. The molecule has 0 unspecified atom stereocenters. The smallest absolute Gasteiger partial charge is 0.324 e. The van der Waals surface area contributed by atoms with Crippen LogP contribution < -0.4 is 10.2 Å². The number of halogens is 3. The Balaban J connectivity index is 2.30. The monoisotopic (exact) mass is 364 g/mol. The van der Waals surface area contributed by atoms with Crippen molar-refractivity contribution in [2.24, 2.45) is 0 Å². The van der Waals surface area contributed by atoms with Gasteiger partial charge in [0.2, 0.25) is 11.8 Å². The van der Waals surface area contributed by atoms with Crippen molar-refractivity contribution in [3.8, 4) is 0 Å². The van der Waals surface area contributed by atoms with Gasteiger partial charge < -0.3 is 10.2 Å². The lowest BCUT2D eigenvalue weighted by Gasteiger charge is -2.24. The van der Waals surface area contributed by atoms with Gasteiger partial charge in [0.15, 0.2) is 0 Å². The minimum absolute atomic E-state index is 0.343. The number of hydrogen-bond donors (Lipinski definition) is 1. The summed E-state index contributed by atoms with van der Waals surface area (Å²) >= 11 is 0. The summed E-state index contributed by atoms with van der Waals surface area (Å²) < 4.78 is 39.7. The summed E-state index contributed by atoms with van der Waals surface area (Å²) in [5.41, 5.74) is 0.927. The predicted octanol–water partition coefficient (Wildman–Crippen LogP) is 4.31. The molecule has 0 fully saturated rings. The zero-order valence-corrected chi connectivity index (χ0v) is 14.6. The summed E-state index contributed by atoms with van der Waals surface area (Å²) in [7, 11) is 0. The lowest BCUT2D eigenvalue weighted by molar-refractivity contribution is -0.137. The quantitative estimate of drug-likeness (QED) is 0.879. The number of nitrogens with zero attached hydrogens (tertiary/aromatic N) is 1. The van der Waals surface area contributed by atoms with Crippen molar-refractivity contribution in [2.45, 2.75) is 26.9 Å². The Morgan fingerprint density at radius 2 is 1.58 bits per heavy atom. The average molecular weight is 364 g/mol. The first-order valence-corrected chi connectivity index (χ1v) is 7.91. The number of hydrogen-bond acceptors (Lipinski definition) is 2. The first-order valence-electron chi connectivity index (χ1n) is 7.91. The molecule has 7 heteroatoms. The van der Waals surface area contributed by atoms with Crippen molar-refractivity contribution in [3.63, 3.8) is 0 Å². The van der Waals surface area contributed by atoms with Crippen molar-refractivity contribution in [3.05, 3.63) is 59.2 Å². The summed E-state index contributed by atoms with van der Waals surface area (Å²) in [6.07, 6.45) is -4.63. The number of rotatable bonds is 4. The van der Waals surface area contributed by atoms with E-state index in [0.717, 1.165) is 29.0 Å². The molecule has 0 atom stereocenters. The summed E-state index contributed by atoms with van der Waals surface area (Å²) in [5, 5.41) is 2.68. The van der Waals surface area contributed by atoms with Crippen LogP contribution in [-0.2, 0) is 15.8 Å². The number of carbonyl (C=O) groups is 2. The highest BCUT2D eigenvalue weighted by Crippen LogP contribution is 2.36. The lowest BCUT2D eigenvalue weighted by atomic mass is 10.1. The standard InChI is InChI=1S/C19H19F3N2O2/c1-12-7-6-8-13(2)18(12)23-17(26)11-24(14(3)25)16-10-5-4-9-15(16)19(20,21)22/h4-10H,11H2,1-3H3,(H,23,26). The second-order valence-corrected chi connectivity index (χ2v) is 5.94. The predicted molar refractivity (Wildman–Crippen MR) is 94.0 cm³/mol. The summed E-state index contributed by atoms with van der Waals surface area (Å²) in [5.74, 6) is -1.23. The Bertz CT molecular complexity index is 812. The molecule has 0 heterocycles. The van der Waals surface area contributed by atoms with Crippen molar-refractivity contribution >= 4 is 23.2 Å². The van der Waals surface area contributed by atoms with E-state index in [1.165, 1.54) is 18.2 Å². The van der Waals surface area contributed by atoms with Crippen LogP contribution in [0.3, 0.4) is 0 Å². The zero-order valence-electron chi connectivity index (χ0n) is 14.6. The van der Waals surface area contributed by atoms with Gasteiger partial charge in [-0.2, -0.15) is 13.2 Å². The fourth-order valence-corrected chi connectivity index (χ4v) is 2.65. The molecule has 2 aromatic carbocycles. The van der Waals surface area contributed by atoms with Gasteiger partial charge in [-0.25, -0.2) is 0 Å². The van der Waals surface area contributed by atoms with Gasteiger partial charge in [0.25, 0.3) is 0 Å². The SMILES string of the molecule is CC(=O)N(CC(=O)Nc1c(C)cccc1C)c1ccccc1C(F)(F)F. The molecular formula is C19H19F3N2O2. The van der Waals surface area contributed by atoms with Crippen molar-refractivity contribution in [2.75, 3.05) is 16.8 Å². The number of alkyl halides is 3. The third-order valence-electron chi connectivity index (χ3n) is 3.93. The Labute approximate surface area is 149 Å². The number of amides is 2. The van der Waals surface area contributed by atoms with E-state index in [2.05, 4.69) is 5.32 Å². The topological polar surface area (TPSA) is 49.4 Å². The van der Waals surface area contributed by atoms with Gasteiger partial charge in [0.1, 0.15) is 6.54 Å². The van der Waals surface area contributed by atoms with Gasteiger partial charge in [0, 0.05) is 12.6 Å². The number of benzene rings is 2. The molecule has 0 spiro atoms. The van der Waals surface area contributed by atoms with Crippen LogP contribution in [0.5, 0.6) is 0 Å². The first kappa shape index (κ1) is 19.5. The minimum atomic E-state index is -4.63. The van der Waals surface area contributed by atoms with Crippen molar-refractivity contribution < 1.29 is 22.8 Å². The van der Waals surface area contributed by atoms with Gasteiger partial charge in [-0.1, -0.05) is 30.3 Å². The normalized spacial score (nSPS) is 11.2. The maximum Gasteiger partial charge on any atom is 0.418 e. The highest BCUT2D eigenvalue weighted by molar-refractivity contribution is 6.02. The second-order valence-electron chi connectivity index (χ2n) is 5.94. The molecule has 0 radical (unpaired) electrons. The van der Waals surface area contributed by atoms with E-state index < -0.39 is 30.1 Å². The Morgan fingerprint density at radius 3 is 2.12 bits per heavy atom. The van der Waals surface area contributed by atoms with Crippen LogP contribution in [0.25, 0.3) is 0 Å². The lowest BCUT2D eigenvalue weighted by Crippen LogP contribution is -2.38. The van der Waals surface area contributed by atoms with E-state index in [9.17, 15) is 22.8 Å². The van der Waals surface area contributed by atoms with E-state index in [0.29, 0.717) is 5.69 Å². The molecule has 0 saturated carbocycles. The third-order valence-corrected chi connectivity index (χ3v) is 3.93. The Morgan fingerprint density at radius 1 is 1.00 bits per heavy atom. The van der Waals surface area contributed by atoms with Crippen LogP contribution >= 0.6 is 0 Å². The molecule has 0 aliphatic carbocycles. The second kappa shape index (κ2) is 7.59. The fraction of sp³-hybridized carbons (Fsp3) is 0.263. The zero-order chi connectivity index (χ0) is 19.5. The number of aryl methyl sites for hydroxylation is 2. The third kappa shape index (κ3) is 4.41. The van der Waals surface area contributed by atoms with Gasteiger partial charge in [-0.05, 0) is 37.1 Å². The highest BCUT2D eigenvalue weighted by Gasteiger charge is 2.35. The number of carbonyl (C=O) groups excluding carboxylic acids is 2. The molecule has 2 amide bonds. The van der Waals surface area contributed by atoms with Gasteiger partial charge in [-0.15, -0.1) is 0 Å². The number of para-hydroxylation sites is 2. The van der Waals surface area contributed by atoms with Crippen molar-refractivity contribution in [1.29, 1.82) is 0 Å². The number of nitrogens with one attached hydrogen (secondary N) is 1. The van der Waals surface area contributed by atoms with Crippen LogP contribution in [0, 0.1) is 13.8 Å². The molecule has 4 nitrogen and oxygen atoms in total. The van der Waals surface area contributed by atoms with E-state index in [-0.39, 0.29) is 5.69 Å². The van der Waals surface area contributed by atoms with E-state index >= 15 is 0 Å². The molecular weight excluding hydrogens is 345 g/mol. The van der Waals surface area contributed by atoms with Crippen molar-refractivity contribution in [1.82, 2.24) is 0 Å². The average Bonchev–Trinajstić information content (AvgIpc) is 2.55. The number of anilines is 2. The van der Waals surface area contributed by atoms with Gasteiger partial charge >= 0.3 is 6.18 Å². The van der Waals surface area contributed by atoms with Crippen LogP contribution in [0.1, 0.15) is 23.6 Å². The van der Waals surface area contributed by atoms with Gasteiger partial charge in [0.05, 0.1) is 11.3 Å². The largest absolute Gasteiger partial charge is 0.418 e. The molecule has 2 aromatic rings. The maximum atomic E-state index is 13.2. The van der Waals surface area contributed by atoms with E-state index in [1.807, 2.05) is 32.0 Å². The molecule has 0 aromatic heterocycles. The molecule has 0 saturated heterocycles. The highest BCUT2D eigenvalue weighted by atomic mass is 19.4. The van der Waals surface area contributed by atoms with E-state index in [4.69, 9.17) is 0 Å². The van der Waals surface area contributed by atoms with Crippen LogP contribution in [-0.4, -0.2) is 18.4 Å². The molecule has 0 bridgehead atoms. The Hall–Kier alpha value is -2.83. The maximum absolute atomic E-state index is 13.2. The first-order chi connectivity index (χ1) is 12.1. The molecule has 2 rings (SSSR count). The van der Waals surface area contributed by atoms with Gasteiger partial charge in [-0.3, -0.25) is 9.59 Å². The van der Waals surface area contributed by atoms with E-state index in [1.54, 1.807) is 0 Å². The molecule has 26 heavy (non-hydrogen) atoms. The van der Waals surface area contributed by atoms with Crippen LogP contribution in [0.15, 0.2) is 42.5 Å². The minimum Gasteiger partial charge on any atom is -0.324 e. The summed E-state index contributed by atoms with van der Waals surface area (Å²) in [6, 6.07) is 10.1. The van der Waals surface area contributed by atoms with Crippen LogP contribution in [0.4, 0.5) is 24.5 Å². The molecule has 0 aliphatic rings. The van der Waals surface area contributed by atoms with Crippen LogP contribution in [0.2, 0.25) is 0 Å². The molecule has 1 N–H and O–H groups in total. The summed E-state index contributed by atoms with van der Waals surface area (Å²) in [4.78, 5) is 25.1. The summed E-state index contributed by atoms with van der Waals surface area (Å²) in [6.45, 7) is 4.23. The molecule has 138 valence electrons. The molecule has 0 aliphatic heterocycles.